The molecule has 2 rings (SSSR count). The minimum atomic E-state index is -0.981. The van der Waals surface area contributed by atoms with Crippen LogP contribution in [0, 0.1) is 22.7 Å². The van der Waals surface area contributed by atoms with Gasteiger partial charge < -0.3 is 5.32 Å². The number of amides is 1. The molecular formula is C19H27N3O. The van der Waals surface area contributed by atoms with Gasteiger partial charge >= 0.3 is 0 Å². The van der Waals surface area contributed by atoms with Crippen LogP contribution >= 0.6 is 0 Å². The van der Waals surface area contributed by atoms with Crippen LogP contribution in [-0.4, -0.2) is 23.9 Å². The van der Waals surface area contributed by atoms with Crippen molar-refractivity contribution in [1.29, 1.82) is 5.26 Å². The molecule has 4 heteroatoms. The molecule has 1 heterocycles. The van der Waals surface area contributed by atoms with Gasteiger partial charge in [-0.3, -0.25) is 9.69 Å². The van der Waals surface area contributed by atoms with Gasteiger partial charge in [-0.25, -0.2) is 0 Å². The van der Waals surface area contributed by atoms with Gasteiger partial charge in [-0.2, -0.15) is 5.26 Å². The lowest BCUT2D eigenvalue weighted by molar-refractivity contribution is -0.126. The van der Waals surface area contributed by atoms with E-state index in [0.29, 0.717) is 6.54 Å². The van der Waals surface area contributed by atoms with Gasteiger partial charge in [0.1, 0.15) is 5.41 Å². The Morgan fingerprint density at radius 3 is 2.61 bits per heavy atom. The number of carbonyl (C=O) groups excluding carboxylic acids is 1. The van der Waals surface area contributed by atoms with E-state index >= 15 is 0 Å². The highest BCUT2D eigenvalue weighted by atomic mass is 16.2. The maximum absolute atomic E-state index is 11.9. The van der Waals surface area contributed by atoms with Crippen molar-refractivity contribution in [3.63, 3.8) is 0 Å². The van der Waals surface area contributed by atoms with Crippen LogP contribution in [0.4, 0.5) is 0 Å². The molecule has 23 heavy (non-hydrogen) atoms. The molecule has 0 aliphatic carbocycles. The zero-order valence-electron chi connectivity index (χ0n) is 14.4. The monoisotopic (exact) mass is 313 g/mol. The number of nitrogens with one attached hydrogen (secondary N) is 1. The third-order valence-corrected chi connectivity index (χ3v) is 4.47. The SMILES string of the molecule is CC1CCCN(Cc2ccc(CNC(=O)C(C)(C)C#N)cc2)C1. The van der Waals surface area contributed by atoms with Crippen LogP contribution in [-0.2, 0) is 17.9 Å². The van der Waals surface area contributed by atoms with E-state index in [0.717, 1.165) is 18.0 Å². The van der Waals surface area contributed by atoms with Gasteiger partial charge in [-0.15, -0.1) is 0 Å². The predicted octanol–water partition coefficient (Wildman–Crippen LogP) is 3.08. The summed E-state index contributed by atoms with van der Waals surface area (Å²) in [6.07, 6.45) is 2.63. The summed E-state index contributed by atoms with van der Waals surface area (Å²) in [4.78, 5) is 14.4. The van der Waals surface area contributed by atoms with Crippen molar-refractivity contribution in [3.05, 3.63) is 35.4 Å². The zero-order valence-corrected chi connectivity index (χ0v) is 14.4. The summed E-state index contributed by atoms with van der Waals surface area (Å²) in [6, 6.07) is 10.4. The Labute approximate surface area is 139 Å². The number of piperidine rings is 1. The molecule has 1 aliphatic rings. The lowest BCUT2D eigenvalue weighted by Gasteiger charge is -2.30. The van der Waals surface area contributed by atoms with Crippen molar-refractivity contribution < 1.29 is 4.79 Å². The minimum absolute atomic E-state index is 0.230. The van der Waals surface area contributed by atoms with E-state index in [1.807, 2.05) is 6.07 Å². The highest BCUT2D eigenvalue weighted by Gasteiger charge is 2.26. The number of rotatable bonds is 5. The van der Waals surface area contributed by atoms with Crippen LogP contribution < -0.4 is 5.32 Å². The second-order valence-corrected chi connectivity index (χ2v) is 7.22. The maximum Gasteiger partial charge on any atom is 0.240 e. The first kappa shape index (κ1) is 17.5. The molecule has 0 radical (unpaired) electrons. The molecule has 1 aliphatic heterocycles. The van der Waals surface area contributed by atoms with Gasteiger partial charge in [-0.1, -0.05) is 31.2 Å². The molecule has 1 aromatic carbocycles. The molecule has 1 atom stereocenters. The van der Waals surface area contributed by atoms with Gasteiger partial charge in [0.05, 0.1) is 6.07 Å². The minimum Gasteiger partial charge on any atom is -0.351 e. The van der Waals surface area contributed by atoms with Crippen LogP contribution in [0.3, 0.4) is 0 Å². The molecule has 1 fully saturated rings. The van der Waals surface area contributed by atoms with Crippen molar-refractivity contribution in [2.24, 2.45) is 11.3 Å². The van der Waals surface area contributed by atoms with Crippen molar-refractivity contribution in [2.75, 3.05) is 13.1 Å². The fourth-order valence-corrected chi connectivity index (χ4v) is 2.91. The summed E-state index contributed by atoms with van der Waals surface area (Å²) in [6.45, 7) is 9.41. The second-order valence-electron chi connectivity index (χ2n) is 7.22. The molecule has 1 aromatic rings. The van der Waals surface area contributed by atoms with Gasteiger partial charge in [0, 0.05) is 19.6 Å². The van der Waals surface area contributed by atoms with Crippen LogP contribution in [0.15, 0.2) is 24.3 Å². The summed E-state index contributed by atoms with van der Waals surface area (Å²) in [5.41, 5.74) is 1.39. The first-order valence-corrected chi connectivity index (χ1v) is 8.40. The van der Waals surface area contributed by atoms with E-state index in [1.54, 1.807) is 13.8 Å². The van der Waals surface area contributed by atoms with Crippen LogP contribution in [0.2, 0.25) is 0 Å². The Kier molecular flexibility index (Phi) is 5.79. The number of benzene rings is 1. The highest BCUT2D eigenvalue weighted by molar-refractivity contribution is 5.84. The van der Waals surface area contributed by atoms with Gasteiger partial charge in [0.25, 0.3) is 0 Å². The quantitative estimate of drug-likeness (QED) is 0.909. The largest absolute Gasteiger partial charge is 0.351 e. The maximum atomic E-state index is 11.9. The normalized spacial score (nSPS) is 19.1. The van der Waals surface area contributed by atoms with E-state index in [4.69, 9.17) is 5.26 Å². The van der Waals surface area contributed by atoms with E-state index in [-0.39, 0.29) is 5.91 Å². The molecule has 1 N–H and O–H groups in total. The number of nitrogens with zero attached hydrogens (tertiary/aromatic N) is 2. The number of hydrogen-bond acceptors (Lipinski definition) is 3. The Balaban J connectivity index is 1.85. The van der Waals surface area contributed by atoms with Crippen molar-refractivity contribution in [2.45, 2.75) is 46.7 Å². The van der Waals surface area contributed by atoms with Crippen LogP contribution in [0.25, 0.3) is 0 Å². The number of carbonyl (C=O) groups is 1. The molecule has 1 amide bonds. The van der Waals surface area contributed by atoms with Crippen molar-refractivity contribution in [1.82, 2.24) is 10.2 Å². The Morgan fingerprint density at radius 1 is 1.35 bits per heavy atom. The standard InChI is InChI=1S/C19H27N3O/c1-15-5-4-10-22(12-15)13-17-8-6-16(7-9-17)11-21-18(23)19(2,3)14-20/h6-9,15H,4-5,10-13H2,1-3H3,(H,21,23). The van der Waals surface area contributed by atoms with Gasteiger partial charge in [0.2, 0.25) is 5.91 Å². The Morgan fingerprint density at radius 2 is 2.00 bits per heavy atom. The van der Waals surface area contributed by atoms with Gasteiger partial charge in [-0.05, 0) is 50.3 Å². The van der Waals surface area contributed by atoms with Crippen LogP contribution in [0.5, 0.6) is 0 Å². The average molecular weight is 313 g/mol. The van der Waals surface area contributed by atoms with Crippen molar-refractivity contribution >= 4 is 5.91 Å². The van der Waals surface area contributed by atoms with Gasteiger partial charge in [0.15, 0.2) is 0 Å². The Bertz CT molecular complexity index is 571. The third-order valence-electron chi connectivity index (χ3n) is 4.47. The van der Waals surface area contributed by atoms with E-state index in [9.17, 15) is 4.79 Å². The summed E-state index contributed by atoms with van der Waals surface area (Å²) in [5.74, 6) is 0.563. The Hall–Kier alpha value is -1.86. The second kappa shape index (κ2) is 7.61. The predicted molar refractivity (Wildman–Crippen MR) is 91.4 cm³/mol. The molecule has 1 saturated heterocycles. The van der Waals surface area contributed by atoms with E-state index < -0.39 is 5.41 Å². The molecule has 0 saturated carbocycles. The number of likely N-dealkylation sites (tertiary alicyclic amines) is 1. The number of hydrogen-bond donors (Lipinski definition) is 1. The molecule has 1 unspecified atom stereocenters. The third kappa shape index (κ3) is 5.07. The fourth-order valence-electron chi connectivity index (χ4n) is 2.91. The first-order valence-electron chi connectivity index (χ1n) is 8.40. The molecule has 124 valence electrons. The molecule has 0 spiro atoms. The molecule has 0 bridgehead atoms. The smallest absolute Gasteiger partial charge is 0.240 e. The highest BCUT2D eigenvalue weighted by Crippen LogP contribution is 2.18. The van der Waals surface area contributed by atoms with E-state index in [1.165, 1.54) is 31.5 Å². The fraction of sp³-hybridized carbons (Fsp3) is 0.579. The topological polar surface area (TPSA) is 56.1 Å². The summed E-state index contributed by atoms with van der Waals surface area (Å²) >= 11 is 0. The first-order chi connectivity index (χ1) is 10.9. The lowest BCUT2D eigenvalue weighted by Crippen LogP contribution is -2.35. The van der Waals surface area contributed by atoms with Crippen molar-refractivity contribution in [3.8, 4) is 6.07 Å². The molecule has 0 aromatic heterocycles. The number of nitriles is 1. The molecule has 4 nitrogen and oxygen atoms in total. The summed E-state index contributed by atoms with van der Waals surface area (Å²) in [7, 11) is 0. The molecular weight excluding hydrogens is 286 g/mol. The zero-order chi connectivity index (χ0) is 16.9. The lowest BCUT2D eigenvalue weighted by atomic mass is 9.94. The van der Waals surface area contributed by atoms with Crippen LogP contribution in [0.1, 0.15) is 44.7 Å². The summed E-state index contributed by atoms with van der Waals surface area (Å²) in [5, 5.41) is 11.8. The van der Waals surface area contributed by atoms with E-state index in [2.05, 4.69) is 41.4 Å². The summed E-state index contributed by atoms with van der Waals surface area (Å²) < 4.78 is 0. The average Bonchev–Trinajstić information content (AvgIpc) is 2.54.